The summed E-state index contributed by atoms with van der Waals surface area (Å²) >= 11 is 6.00. The molecule has 0 saturated carbocycles. The Morgan fingerprint density at radius 2 is 1.89 bits per heavy atom. The van der Waals surface area contributed by atoms with Crippen LogP contribution in [0.25, 0.3) is 0 Å². The number of hydrogen-bond donors (Lipinski definition) is 3. The summed E-state index contributed by atoms with van der Waals surface area (Å²) in [5, 5.41) is 3.02. The van der Waals surface area contributed by atoms with E-state index in [-0.39, 0.29) is 17.0 Å². The van der Waals surface area contributed by atoms with Crippen LogP contribution in [-0.2, 0) is 4.79 Å². The monoisotopic (exact) mass is 407 g/mol. The largest absolute Gasteiger partial charge is 0.488 e. The first-order chi connectivity index (χ1) is 13.5. The van der Waals surface area contributed by atoms with Gasteiger partial charge in [0.1, 0.15) is 50.9 Å². The van der Waals surface area contributed by atoms with Crippen LogP contribution in [0.15, 0.2) is 48.5 Å². The van der Waals surface area contributed by atoms with Crippen LogP contribution in [0.3, 0.4) is 0 Å². The van der Waals surface area contributed by atoms with Crippen molar-refractivity contribution < 1.29 is 23.7 Å². The maximum atomic E-state index is 13.1. The first-order valence-electron chi connectivity index (χ1n) is 9.65. The highest BCUT2D eigenvalue weighted by Crippen LogP contribution is 2.22. The second-order valence-electron chi connectivity index (χ2n) is 7.15. The zero-order valence-electron chi connectivity index (χ0n) is 16.0. The highest BCUT2D eigenvalue weighted by molar-refractivity contribution is 6.33. The normalized spacial score (nSPS) is 20.4. The third kappa shape index (κ3) is 5.67. The van der Waals surface area contributed by atoms with E-state index < -0.39 is 5.82 Å². The fourth-order valence-electron chi connectivity index (χ4n) is 3.45. The molecule has 3 rings (SSSR count). The molecule has 0 radical (unpaired) electrons. The number of para-hydroxylation sites is 1. The van der Waals surface area contributed by atoms with E-state index >= 15 is 0 Å². The number of carbonyl (C=O) groups excluding carboxylic acids is 1. The molecule has 1 fully saturated rings. The Morgan fingerprint density at radius 1 is 1.18 bits per heavy atom. The molecule has 2 aromatic carbocycles. The van der Waals surface area contributed by atoms with Gasteiger partial charge in [-0.25, -0.2) is 4.39 Å². The Hall–Kier alpha value is -2.15. The number of nitrogens with one attached hydrogen (secondary N) is 3. The lowest BCUT2D eigenvalue weighted by molar-refractivity contribution is -1.02. The van der Waals surface area contributed by atoms with E-state index in [1.165, 1.54) is 28.0 Å². The van der Waals surface area contributed by atoms with Crippen molar-refractivity contribution in [2.24, 2.45) is 0 Å². The van der Waals surface area contributed by atoms with Gasteiger partial charge in [-0.15, -0.1) is 0 Å². The van der Waals surface area contributed by atoms with Crippen molar-refractivity contribution in [2.75, 3.05) is 44.6 Å². The highest BCUT2D eigenvalue weighted by Gasteiger charge is 2.31. The number of hydrogen-bond acceptors (Lipinski definition) is 2. The van der Waals surface area contributed by atoms with Gasteiger partial charge >= 0.3 is 0 Å². The third-order valence-corrected chi connectivity index (χ3v) is 5.57. The zero-order chi connectivity index (χ0) is 19.9. The number of piperazine rings is 1. The van der Waals surface area contributed by atoms with E-state index in [0.717, 1.165) is 38.5 Å². The zero-order valence-corrected chi connectivity index (χ0v) is 16.8. The predicted octanol–water partition coefficient (Wildman–Crippen LogP) is 0.669. The molecule has 0 bridgehead atoms. The number of halogens is 2. The van der Waals surface area contributed by atoms with Gasteiger partial charge < -0.3 is 19.9 Å². The molecule has 1 atom stereocenters. The third-order valence-electron chi connectivity index (χ3n) is 5.26. The van der Waals surface area contributed by atoms with Gasteiger partial charge in [0.2, 0.25) is 0 Å². The van der Waals surface area contributed by atoms with Crippen LogP contribution in [0.2, 0.25) is 5.02 Å². The Bertz CT molecular complexity index is 782. The molecular weight excluding hydrogens is 381 g/mol. The molecule has 7 heteroatoms. The number of anilines is 1. The van der Waals surface area contributed by atoms with Crippen molar-refractivity contribution in [3.05, 3.63) is 59.4 Å². The van der Waals surface area contributed by atoms with Gasteiger partial charge in [-0.2, -0.15) is 0 Å². The number of benzene rings is 2. The SMILES string of the molecule is C[C@@H](C(=O)Nc1ccc(F)cc1Cl)[NH+]1CC[NH+](CCOc2ccccc2)CC1. The molecule has 0 aliphatic carbocycles. The standard InChI is InChI=1S/C21H25ClFN3O2/c1-16(21(27)24-20-8-7-17(23)15-19(20)22)26-11-9-25(10-12-26)13-14-28-18-5-3-2-4-6-18/h2-8,15-16H,9-14H2,1H3,(H,24,27)/p+2/t16-/m0/s1. The molecule has 2 aromatic rings. The summed E-state index contributed by atoms with van der Waals surface area (Å²) in [4.78, 5) is 15.3. The molecule has 0 spiro atoms. The lowest BCUT2D eigenvalue weighted by Crippen LogP contribution is -3.30. The van der Waals surface area contributed by atoms with E-state index in [9.17, 15) is 9.18 Å². The molecule has 5 nitrogen and oxygen atoms in total. The molecule has 28 heavy (non-hydrogen) atoms. The minimum Gasteiger partial charge on any atom is -0.488 e. The van der Waals surface area contributed by atoms with Crippen molar-refractivity contribution in [1.29, 1.82) is 0 Å². The van der Waals surface area contributed by atoms with Crippen molar-refractivity contribution in [1.82, 2.24) is 0 Å². The van der Waals surface area contributed by atoms with Crippen LogP contribution in [0.1, 0.15) is 6.92 Å². The second kappa shape index (κ2) is 9.87. The molecule has 0 unspecified atom stereocenters. The van der Waals surface area contributed by atoms with E-state index in [2.05, 4.69) is 5.32 Å². The lowest BCUT2D eigenvalue weighted by Gasteiger charge is -2.32. The van der Waals surface area contributed by atoms with Gasteiger partial charge in [-0.1, -0.05) is 29.8 Å². The fraction of sp³-hybridized carbons (Fsp3) is 0.381. The van der Waals surface area contributed by atoms with Crippen LogP contribution in [0.4, 0.5) is 10.1 Å². The van der Waals surface area contributed by atoms with Crippen LogP contribution in [0, 0.1) is 5.82 Å². The van der Waals surface area contributed by atoms with Gasteiger partial charge in [-0.05, 0) is 37.3 Å². The highest BCUT2D eigenvalue weighted by atomic mass is 35.5. The van der Waals surface area contributed by atoms with Gasteiger partial charge in [0.05, 0.1) is 10.7 Å². The maximum Gasteiger partial charge on any atom is 0.282 e. The Balaban J connectivity index is 1.41. The predicted molar refractivity (Wildman–Crippen MR) is 108 cm³/mol. The van der Waals surface area contributed by atoms with Gasteiger partial charge in [0, 0.05) is 0 Å². The van der Waals surface area contributed by atoms with E-state index in [1.54, 1.807) is 0 Å². The molecule has 1 aliphatic rings. The van der Waals surface area contributed by atoms with Gasteiger partial charge in [0.25, 0.3) is 5.91 Å². The lowest BCUT2D eigenvalue weighted by atomic mass is 10.2. The summed E-state index contributed by atoms with van der Waals surface area (Å²) < 4.78 is 18.9. The van der Waals surface area contributed by atoms with Crippen LogP contribution in [-0.4, -0.2) is 51.3 Å². The first-order valence-corrected chi connectivity index (χ1v) is 10.0. The summed E-state index contributed by atoms with van der Waals surface area (Å²) in [6, 6.07) is 13.6. The molecule has 0 aromatic heterocycles. The van der Waals surface area contributed by atoms with E-state index in [1.807, 2.05) is 37.3 Å². The number of ether oxygens (including phenoxy) is 1. The molecule has 1 heterocycles. The topological polar surface area (TPSA) is 47.2 Å². The fourth-order valence-corrected chi connectivity index (χ4v) is 3.67. The Labute approximate surface area is 170 Å². The quantitative estimate of drug-likeness (QED) is 0.632. The number of amides is 1. The second-order valence-corrected chi connectivity index (χ2v) is 7.56. The van der Waals surface area contributed by atoms with Gasteiger partial charge in [0.15, 0.2) is 6.04 Å². The maximum absolute atomic E-state index is 13.1. The Morgan fingerprint density at radius 3 is 2.57 bits per heavy atom. The van der Waals surface area contributed by atoms with Crippen molar-refractivity contribution in [3.63, 3.8) is 0 Å². The Kier molecular flexibility index (Phi) is 7.25. The molecule has 3 N–H and O–H groups in total. The molecule has 1 amide bonds. The summed E-state index contributed by atoms with van der Waals surface area (Å²) in [5.41, 5.74) is 0.446. The van der Waals surface area contributed by atoms with Crippen molar-refractivity contribution in [3.8, 4) is 5.75 Å². The molecule has 1 aliphatic heterocycles. The molecular formula is C21H27ClFN3O2+2. The number of rotatable bonds is 7. The summed E-state index contributed by atoms with van der Waals surface area (Å²) in [6.07, 6.45) is 0. The van der Waals surface area contributed by atoms with Gasteiger partial charge in [-0.3, -0.25) is 4.79 Å². The smallest absolute Gasteiger partial charge is 0.282 e. The van der Waals surface area contributed by atoms with Crippen LogP contribution in [0.5, 0.6) is 5.75 Å². The van der Waals surface area contributed by atoms with Crippen LogP contribution < -0.4 is 19.9 Å². The summed E-state index contributed by atoms with van der Waals surface area (Å²) in [7, 11) is 0. The number of carbonyl (C=O) groups is 1. The van der Waals surface area contributed by atoms with Crippen LogP contribution >= 0.6 is 11.6 Å². The average molecular weight is 408 g/mol. The minimum atomic E-state index is -0.419. The summed E-state index contributed by atoms with van der Waals surface area (Å²) in [6.45, 7) is 7.41. The molecule has 1 saturated heterocycles. The summed E-state index contributed by atoms with van der Waals surface area (Å²) in [5.74, 6) is 0.382. The van der Waals surface area contributed by atoms with Crippen molar-refractivity contribution >= 4 is 23.2 Å². The van der Waals surface area contributed by atoms with E-state index in [4.69, 9.17) is 16.3 Å². The minimum absolute atomic E-state index is 0.0978. The average Bonchev–Trinajstić information content (AvgIpc) is 2.71. The first kappa shape index (κ1) is 20.6. The van der Waals surface area contributed by atoms with E-state index in [0.29, 0.717) is 12.3 Å². The van der Waals surface area contributed by atoms with Crippen molar-refractivity contribution in [2.45, 2.75) is 13.0 Å². The number of quaternary nitrogens is 2. The molecule has 150 valence electrons.